The summed E-state index contributed by atoms with van der Waals surface area (Å²) in [5.74, 6) is 1.79. The molecule has 0 atom stereocenters. The van der Waals surface area contributed by atoms with Gasteiger partial charge in [0.2, 0.25) is 11.8 Å². The Hall–Kier alpha value is -2.82. The molecule has 0 bridgehead atoms. The molecule has 0 aliphatic carbocycles. The lowest BCUT2D eigenvalue weighted by atomic mass is 10.1. The number of aryl methyl sites for hydroxylation is 2. The predicted molar refractivity (Wildman–Crippen MR) is 89.5 cm³/mol. The molecule has 3 rings (SSSR count). The Morgan fingerprint density at radius 3 is 2.52 bits per heavy atom. The summed E-state index contributed by atoms with van der Waals surface area (Å²) >= 11 is 0. The fraction of sp³-hybridized carbons (Fsp3) is 0.222. The maximum atomic E-state index is 5.73. The number of anilines is 1. The lowest BCUT2D eigenvalue weighted by molar-refractivity contribution is 0.414. The molecule has 23 heavy (non-hydrogen) atoms. The largest absolute Gasteiger partial charge is 0.497 e. The van der Waals surface area contributed by atoms with Gasteiger partial charge >= 0.3 is 0 Å². The van der Waals surface area contributed by atoms with Crippen LogP contribution in [0.2, 0.25) is 0 Å². The number of hydrogen-bond acceptors (Lipinski definition) is 5. The molecule has 0 fully saturated rings. The lowest BCUT2D eigenvalue weighted by Crippen LogP contribution is -2.03. The van der Waals surface area contributed by atoms with E-state index >= 15 is 0 Å². The van der Waals surface area contributed by atoms with Crippen molar-refractivity contribution in [2.24, 2.45) is 0 Å². The third-order valence-corrected chi connectivity index (χ3v) is 3.68. The van der Waals surface area contributed by atoms with Crippen molar-refractivity contribution in [2.75, 3.05) is 12.4 Å². The predicted octanol–water partition coefficient (Wildman–Crippen LogP) is 3.97. The number of benzene rings is 2. The van der Waals surface area contributed by atoms with E-state index in [1.54, 1.807) is 7.11 Å². The summed E-state index contributed by atoms with van der Waals surface area (Å²) in [6, 6.07) is 13.8. The van der Waals surface area contributed by atoms with Crippen LogP contribution in [0.1, 0.15) is 17.0 Å². The minimum absolute atomic E-state index is 0.488. The van der Waals surface area contributed by atoms with Crippen molar-refractivity contribution in [3.63, 3.8) is 0 Å². The van der Waals surface area contributed by atoms with Crippen molar-refractivity contribution in [2.45, 2.75) is 20.4 Å². The summed E-state index contributed by atoms with van der Waals surface area (Å²) in [4.78, 5) is 0. The van der Waals surface area contributed by atoms with Gasteiger partial charge < -0.3 is 14.5 Å². The van der Waals surface area contributed by atoms with Crippen LogP contribution in [0, 0.1) is 13.8 Å². The average molecular weight is 309 g/mol. The second-order valence-electron chi connectivity index (χ2n) is 5.35. The van der Waals surface area contributed by atoms with Gasteiger partial charge in [-0.3, -0.25) is 0 Å². The summed E-state index contributed by atoms with van der Waals surface area (Å²) in [6.45, 7) is 4.64. The van der Waals surface area contributed by atoms with Gasteiger partial charge in [-0.25, -0.2) is 0 Å². The van der Waals surface area contributed by atoms with Gasteiger partial charge in [-0.2, -0.15) is 0 Å². The van der Waals surface area contributed by atoms with E-state index in [1.807, 2.05) is 30.3 Å². The zero-order valence-corrected chi connectivity index (χ0v) is 13.5. The van der Waals surface area contributed by atoms with Gasteiger partial charge in [-0.15, -0.1) is 10.2 Å². The van der Waals surface area contributed by atoms with Gasteiger partial charge in [0.25, 0.3) is 0 Å². The van der Waals surface area contributed by atoms with E-state index < -0.39 is 0 Å². The van der Waals surface area contributed by atoms with Crippen molar-refractivity contribution >= 4 is 5.69 Å². The minimum Gasteiger partial charge on any atom is -0.497 e. The molecule has 1 aromatic heterocycles. The molecular weight excluding hydrogens is 290 g/mol. The Balaban J connectivity index is 1.75. The number of nitrogens with one attached hydrogen (secondary N) is 1. The standard InChI is InChI=1S/C18H19N3O2/c1-12-6-4-7-13(2)17(12)19-11-16-20-21-18(23-16)14-8-5-9-15(10-14)22-3/h4-10,19H,11H2,1-3H3. The zero-order chi connectivity index (χ0) is 16.2. The smallest absolute Gasteiger partial charge is 0.247 e. The molecule has 0 unspecified atom stereocenters. The summed E-state index contributed by atoms with van der Waals surface area (Å²) in [7, 11) is 1.63. The maximum Gasteiger partial charge on any atom is 0.247 e. The number of rotatable bonds is 5. The second kappa shape index (κ2) is 6.52. The normalized spacial score (nSPS) is 10.6. The SMILES string of the molecule is COc1cccc(-c2nnc(CNc3c(C)cccc3C)o2)c1. The Morgan fingerprint density at radius 2 is 1.78 bits per heavy atom. The van der Waals surface area contributed by atoms with Crippen LogP contribution >= 0.6 is 0 Å². The highest BCUT2D eigenvalue weighted by Gasteiger charge is 2.10. The Kier molecular flexibility index (Phi) is 4.28. The van der Waals surface area contributed by atoms with Crippen LogP contribution < -0.4 is 10.1 Å². The first-order valence-corrected chi connectivity index (χ1v) is 7.44. The molecular formula is C18H19N3O2. The number of methoxy groups -OCH3 is 1. The van der Waals surface area contributed by atoms with E-state index in [-0.39, 0.29) is 0 Å². The Labute approximate surface area is 135 Å². The Bertz CT molecular complexity index is 791. The third kappa shape index (κ3) is 3.34. The molecule has 0 saturated carbocycles. The summed E-state index contributed by atoms with van der Waals surface area (Å²) in [6.07, 6.45) is 0. The number of hydrogen-bond donors (Lipinski definition) is 1. The molecule has 0 aliphatic heterocycles. The monoisotopic (exact) mass is 309 g/mol. The van der Waals surface area contributed by atoms with E-state index in [2.05, 4.69) is 41.5 Å². The zero-order valence-electron chi connectivity index (χ0n) is 13.5. The van der Waals surface area contributed by atoms with Gasteiger partial charge in [-0.1, -0.05) is 24.3 Å². The van der Waals surface area contributed by atoms with Crippen molar-refractivity contribution in [1.82, 2.24) is 10.2 Å². The molecule has 118 valence electrons. The van der Waals surface area contributed by atoms with Crippen molar-refractivity contribution in [1.29, 1.82) is 0 Å². The second-order valence-corrected chi connectivity index (χ2v) is 5.35. The molecule has 0 aliphatic rings. The van der Waals surface area contributed by atoms with Crippen molar-refractivity contribution < 1.29 is 9.15 Å². The summed E-state index contributed by atoms with van der Waals surface area (Å²) in [5, 5.41) is 11.6. The van der Waals surface area contributed by atoms with Gasteiger partial charge in [0.15, 0.2) is 0 Å². The van der Waals surface area contributed by atoms with Crippen LogP contribution in [0.15, 0.2) is 46.9 Å². The maximum absolute atomic E-state index is 5.73. The van der Waals surface area contributed by atoms with Crippen LogP contribution in [-0.4, -0.2) is 17.3 Å². The molecule has 3 aromatic rings. The van der Waals surface area contributed by atoms with Crippen molar-refractivity contribution in [3.05, 3.63) is 59.5 Å². The van der Waals surface area contributed by atoms with Crippen LogP contribution in [0.25, 0.3) is 11.5 Å². The molecule has 1 heterocycles. The van der Waals surface area contributed by atoms with Crippen LogP contribution in [0.4, 0.5) is 5.69 Å². The van der Waals surface area contributed by atoms with Crippen LogP contribution in [0.3, 0.4) is 0 Å². The average Bonchev–Trinajstić information content (AvgIpc) is 3.03. The first-order chi connectivity index (χ1) is 11.2. The summed E-state index contributed by atoms with van der Waals surface area (Å²) in [5.41, 5.74) is 4.33. The highest BCUT2D eigenvalue weighted by Crippen LogP contribution is 2.24. The minimum atomic E-state index is 0.488. The van der Waals surface area contributed by atoms with E-state index in [0.29, 0.717) is 18.3 Å². The number of aromatic nitrogens is 2. The molecule has 5 nitrogen and oxygen atoms in total. The number of para-hydroxylation sites is 1. The fourth-order valence-corrected chi connectivity index (χ4v) is 2.46. The van der Waals surface area contributed by atoms with Crippen LogP contribution in [0.5, 0.6) is 5.75 Å². The highest BCUT2D eigenvalue weighted by molar-refractivity contribution is 5.57. The molecule has 2 aromatic carbocycles. The topological polar surface area (TPSA) is 60.2 Å². The van der Waals surface area contributed by atoms with Crippen molar-refractivity contribution in [3.8, 4) is 17.2 Å². The van der Waals surface area contributed by atoms with Gasteiger partial charge in [-0.05, 0) is 43.2 Å². The number of ether oxygens (including phenoxy) is 1. The quantitative estimate of drug-likeness (QED) is 0.772. The molecule has 0 radical (unpaired) electrons. The highest BCUT2D eigenvalue weighted by atomic mass is 16.5. The van der Waals surface area contributed by atoms with Gasteiger partial charge in [0.05, 0.1) is 13.7 Å². The van der Waals surface area contributed by atoms with E-state index in [4.69, 9.17) is 9.15 Å². The fourth-order valence-electron chi connectivity index (χ4n) is 2.46. The molecule has 5 heteroatoms. The molecule has 0 saturated heterocycles. The van der Waals surface area contributed by atoms with E-state index in [0.717, 1.165) is 17.0 Å². The first kappa shape index (κ1) is 15.1. The van der Waals surface area contributed by atoms with Gasteiger partial charge in [0, 0.05) is 11.3 Å². The van der Waals surface area contributed by atoms with E-state index in [1.165, 1.54) is 11.1 Å². The van der Waals surface area contributed by atoms with Crippen LogP contribution in [-0.2, 0) is 6.54 Å². The number of nitrogens with zero attached hydrogens (tertiary/aromatic N) is 2. The third-order valence-electron chi connectivity index (χ3n) is 3.68. The van der Waals surface area contributed by atoms with Gasteiger partial charge in [0.1, 0.15) is 5.75 Å². The lowest BCUT2D eigenvalue weighted by Gasteiger charge is -2.10. The summed E-state index contributed by atoms with van der Waals surface area (Å²) < 4.78 is 10.9. The first-order valence-electron chi connectivity index (χ1n) is 7.44. The molecule has 1 N–H and O–H groups in total. The van der Waals surface area contributed by atoms with E-state index in [9.17, 15) is 0 Å². The Morgan fingerprint density at radius 1 is 1.04 bits per heavy atom. The molecule has 0 amide bonds. The molecule has 0 spiro atoms.